The fourth-order valence-corrected chi connectivity index (χ4v) is 4.28. The lowest BCUT2D eigenvalue weighted by atomic mass is 9.78. The van der Waals surface area contributed by atoms with Gasteiger partial charge in [0.2, 0.25) is 0 Å². The van der Waals surface area contributed by atoms with Gasteiger partial charge in [0.05, 0.1) is 0 Å². The van der Waals surface area contributed by atoms with E-state index in [4.69, 9.17) is 0 Å². The molecule has 0 bridgehead atoms. The van der Waals surface area contributed by atoms with Gasteiger partial charge in [0.15, 0.2) is 0 Å². The highest BCUT2D eigenvalue weighted by molar-refractivity contribution is 5.70. The average molecular weight is 368 g/mol. The molecule has 0 saturated heterocycles. The molecule has 0 N–H and O–H groups in total. The summed E-state index contributed by atoms with van der Waals surface area (Å²) < 4.78 is 0. The first-order valence-electron chi connectivity index (χ1n) is 11.0. The summed E-state index contributed by atoms with van der Waals surface area (Å²) in [6, 6.07) is 6.73. The molecule has 1 atom stereocenters. The summed E-state index contributed by atoms with van der Waals surface area (Å²) in [5.74, 6) is 1.25. The van der Waals surface area contributed by atoms with Gasteiger partial charge < -0.3 is 0 Å². The molecule has 1 aromatic rings. The molecule has 0 aromatic heterocycles. The Morgan fingerprint density at radius 3 is 2.48 bits per heavy atom. The van der Waals surface area contributed by atoms with Crippen molar-refractivity contribution in [2.24, 2.45) is 10.9 Å². The van der Waals surface area contributed by atoms with Crippen molar-refractivity contribution >= 4 is 11.8 Å². The molecule has 2 rings (SSSR count). The second-order valence-electron chi connectivity index (χ2n) is 7.55. The molecule has 1 nitrogen and oxygen atoms in total. The largest absolute Gasteiger partial charge is 0.269 e. The maximum absolute atomic E-state index is 4.49. The summed E-state index contributed by atoms with van der Waals surface area (Å²) in [6.45, 7) is 17.3. The Morgan fingerprint density at radius 2 is 1.89 bits per heavy atom. The number of rotatable bonds is 7. The van der Waals surface area contributed by atoms with Crippen molar-refractivity contribution in [2.45, 2.75) is 92.4 Å². The molecule has 27 heavy (non-hydrogen) atoms. The topological polar surface area (TPSA) is 12.4 Å². The van der Waals surface area contributed by atoms with Gasteiger partial charge in [0, 0.05) is 12.4 Å². The second kappa shape index (κ2) is 12.7. The van der Waals surface area contributed by atoms with Crippen LogP contribution in [0.5, 0.6) is 0 Å². The number of aliphatic imine (C=N–C) groups is 1. The minimum Gasteiger partial charge on any atom is -0.269 e. The number of aryl methyl sites for hydroxylation is 1. The number of benzene rings is 1. The van der Waals surface area contributed by atoms with Crippen LogP contribution in [0.25, 0.3) is 5.57 Å². The van der Waals surface area contributed by atoms with Crippen LogP contribution in [0.15, 0.2) is 41.5 Å². The van der Waals surface area contributed by atoms with Crippen LogP contribution in [-0.4, -0.2) is 6.21 Å². The highest BCUT2D eigenvalue weighted by Gasteiger charge is 2.21. The lowest BCUT2D eigenvalue weighted by Crippen LogP contribution is -2.12. The van der Waals surface area contributed by atoms with Crippen LogP contribution in [0.3, 0.4) is 0 Å². The fourth-order valence-electron chi connectivity index (χ4n) is 4.28. The normalized spacial score (nSPS) is 16.7. The lowest BCUT2D eigenvalue weighted by molar-refractivity contribution is 0.392. The predicted molar refractivity (Wildman–Crippen MR) is 124 cm³/mol. The van der Waals surface area contributed by atoms with Crippen LogP contribution in [-0.2, 0) is 6.42 Å². The SMILES string of the molecule is C=C(CC(C)c1c(CC)cccc1/C(C)=C/N=CC)C1CCCCC1.CC. The van der Waals surface area contributed by atoms with Crippen molar-refractivity contribution in [3.8, 4) is 0 Å². The van der Waals surface area contributed by atoms with Crippen molar-refractivity contribution in [1.82, 2.24) is 0 Å². The molecule has 0 radical (unpaired) electrons. The Kier molecular flexibility index (Phi) is 11.0. The summed E-state index contributed by atoms with van der Waals surface area (Å²) in [7, 11) is 0. The molecule has 1 saturated carbocycles. The van der Waals surface area contributed by atoms with Gasteiger partial charge in [0.1, 0.15) is 0 Å². The summed E-state index contributed by atoms with van der Waals surface area (Å²) in [5, 5.41) is 0. The van der Waals surface area contributed by atoms with E-state index in [2.05, 4.69) is 50.5 Å². The number of hydrogen-bond acceptors (Lipinski definition) is 1. The van der Waals surface area contributed by atoms with Crippen molar-refractivity contribution in [3.05, 3.63) is 53.2 Å². The molecule has 0 spiro atoms. The predicted octanol–water partition coefficient (Wildman–Crippen LogP) is 8.36. The Morgan fingerprint density at radius 1 is 1.22 bits per heavy atom. The third kappa shape index (κ3) is 6.79. The number of hydrogen-bond donors (Lipinski definition) is 0. The maximum atomic E-state index is 4.49. The summed E-state index contributed by atoms with van der Waals surface area (Å²) in [5.41, 5.74) is 7.04. The van der Waals surface area contributed by atoms with E-state index in [1.807, 2.05) is 33.2 Å². The fraction of sp³-hybridized carbons (Fsp3) is 0.577. The van der Waals surface area contributed by atoms with E-state index in [0.717, 1.165) is 18.8 Å². The molecule has 0 aliphatic heterocycles. The van der Waals surface area contributed by atoms with Crippen molar-refractivity contribution in [2.75, 3.05) is 0 Å². The molecule has 1 aliphatic carbocycles. The standard InChI is InChI=1S/C24H35N.C2H6/c1-6-21-14-11-15-23(20(5)17-25-7-2)24(21)19(4)16-18(3)22-12-9-8-10-13-22;1-2/h7,11,14-15,17,19,22H,3,6,8-10,12-13,16H2,1-2,4-5H3;1-2H3/b20-17+,25-7?;. The second-order valence-corrected chi connectivity index (χ2v) is 7.55. The van der Waals surface area contributed by atoms with Crippen LogP contribution >= 0.6 is 0 Å². The Labute approximate surface area is 168 Å². The van der Waals surface area contributed by atoms with E-state index in [1.54, 1.807) is 0 Å². The van der Waals surface area contributed by atoms with Crippen LogP contribution in [0.2, 0.25) is 0 Å². The van der Waals surface area contributed by atoms with E-state index in [-0.39, 0.29) is 0 Å². The summed E-state index contributed by atoms with van der Waals surface area (Å²) in [6.07, 6.45) is 12.9. The first-order valence-corrected chi connectivity index (χ1v) is 11.0. The highest BCUT2D eigenvalue weighted by atomic mass is 14.7. The van der Waals surface area contributed by atoms with Gasteiger partial charge >= 0.3 is 0 Å². The summed E-state index contributed by atoms with van der Waals surface area (Å²) in [4.78, 5) is 4.33. The van der Waals surface area contributed by atoms with E-state index < -0.39 is 0 Å². The monoisotopic (exact) mass is 367 g/mol. The lowest BCUT2D eigenvalue weighted by Gasteiger charge is -2.27. The maximum Gasteiger partial charge on any atom is 0.0299 e. The first-order chi connectivity index (χ1) is 13.1. The average Bonchev–Trinajstić information content (AvgIpc) is 2.73. The van der Waals surface area contributed by atoms with Crippen molar-refractivity contribution in [3.63, 3.8) is 0 Å². The van der Waals surface area contributed by atoms with Gasteiger partial charge in [0.25, 0.3) is 0 Å². The Balaban J connectivity index is 0.00000176. The zero-order chi connectivity index (χ0) is 20.2. The van der Waals surface area contributed by atoms with Crippen LogP contribution in [0.4, 0.5) is 0 Å². The van der Waals surface area contributed by atoms with Crippen molar-refractivity contribution < 1.29 is 0 Å². The highest BCUT2D eigenvalue weighted by Crippen LogP contribution is 2.37. The molecule has 1 fully saturated rings. The first kappa shape index (κ1) is 23.4. The van der Waals surface area contributed by atoms with Crippen LogP contribution < -0.4 is 0 Å². The Hall–Kier alpha value is -1.63. The van der Waals surface area contributed by atoms with E-state index >= 15 is 0 Å². The molecule has 0 amide bonds. The molecule has 1 heteroatoms. The van der Waals surface area contributed by atoms with Gasteiger partial charge in [-0.15, -0.1) is 0 Å². The Bertz CT molecular complexity index is 630. The van der Waals surface area contributed by atoms with Gasteiger partial charge in [-0.05, 0) is 73.6 Å². The quantitative estimate of drug-likeness (QED) is 0.339. The number of nitrogens with zero attached hydrogens (tertiary/aromatic N) is 1. The van der Waals surface area contributed by atoms with Crippen molar-refractivity contribution in [1.29, 1.82) is 0 Å². The van der Waals surface area contributed by atoms with E-state index in [9.17, 15) is 0 Å². The smallest absolute Gasteiger partial charge is 0.0299 e. The molecule has 0 heterocycles. The zero-order valence-corrected chi connectivity index (χ0v) is 18.6. The molecule has 1 aliphatic rings. The minimum atomic E-state index is 0.509. The number of allylic oxidation sites excluding steroid dienone is 2. The molecular weight excluding hydrogens is 326 g/mol. The summed E-state index contributed by atoms with van der Waals surface area (Å²) >= 11 is 0. The van der Waals surface area contributed by atoms with Gasteiger partial charge in [-0.2, -0.15) is 0 Å². The zero-order valence-electron chi connectivity index (χ0n) is 18.6. The molecule has 1 aromatic carbocycles. The van der Waals surface area contributed by atoms with Gasteiger partial charge in [-0.1, -0.05) is 77.3 Å². The van der Waals surface area contributed by atoms with Crippen LogP contribution in [0, 0.1) is 5.92 Å². The minimum absolute atomic E-state index is 0.509. The molecule has 1 unspecified atom stereocenters. The molecular formula is C26H41N. The van der Waals surface area contributed by atoms with Crippen LogP contribution in [0.1, 0.15) is 103 Å². The van der Waals surface area contributed by atoms with Gasteiger partial charge in [-0.25, -0.2) is 0 Å². The van der Waals surface area contributed by atoms with Gasteiger partial charge in [-0.3, -0.25) is 4.99 Å². The third-order valence-electron chi connectivity index (χ3n) is 5.66. The third-order valence-corrected chi connectivity index (χ3v) is 5.66. The molecule has 150 valence electrons. The van der Waals surface area contributed by atoms with E-state index in [1.165, 1.54) is 59.9 Å². The van der Waals surface area contributed by atoms with E-state index in [0.29, 0.717) is 5.92 Å².